The Labute approximate surface area is 140 Å². The first kappa shape index (κ1) is 16.3. The number of aryl methyl sites for hydroxylation is 1. The highest BCUT2D eigenvalue weighted by Crippen LogP contribution is 2.26. The van der Waals surface area contributed by atoms with Crippen molar-refractivity contribution in [3.05, 3.63) is 53.6 Å². The molecule has 0 radical (unpaired) electrons. The number of carbonyl (C=O) groups is 1. The molecular weight excluding hydrogens is 328 g/mol. The average molecular weight is 346 g/mol. The standard InChI is InChI=1S/C17H18N2O4S/c1-12-10-15(20)6-7-16(12)18-17(21)13-4-2-5-14(11-13)19-8-3-9-24(19,22)23/h2,4-7,10-11,20H,3,8-9H2,1H3,(H,18,21). The van der Waals surface area contributed by atoms with E-state index in [4.69, 9.17) is 0 Å². The molecule has 1 saturated heterocycles. The van der Waals surface area contributed by atoms with Crippen molar-refractivity contribution < 1.29 is 18.3 Å². The number of nitrogens with zero attached hydrogens (tertiary/aromatic N) is 1. The van der Waals surface area contributed by atoms with Gasteiger partial charge in [-0.25, -0.2) is 8.42 Å². The summed E-state index contributed by atoms with van der Waals surface area (Å²) in [6.07, 6.45) is 0.589. The van der Waals surface area contributed by atoms with Gasteiger partial charge in [-0.2, -0.15) is 0 Å². The zero-order valence-electron chi connectivity index (χ0n) is 13.2. The van der Waals surface area contributed by atoms with E-state index in [2.05, 4.69) is 5.32 Å². The summed E-state index contributed by atoms with van der Waals surface area (Å²) >= 11 is 0. The van der Waals surface area contributed by atoms with Crippen molar-refractivity contribution in [2.45, 2.75) is 13.3 Å². The molecule has 0 aliphatic carbocycles. The molecule has 0 bridgehead atoms. The van der Waals surface area contributed by atoms with Crippen LogP contribution < -0.4 is 9.62 Å². The highest BCUT2D eigenvalue weighted by molar-refractivity contribution is 7.93. The maximum absolute atomic E-state index is 12.4. The maximum atomic E-state index is 12.4. The van der Waals surface area contributed by atoms with E-state index in [9.17, 15) is 18.3 Å². The number of phenols is 1. The molecule has 2 N–H and O–H groups in total. The lowest BCUT2D eigenvalue weighted by molar-refractivity contribution is 0.102. The first-order valence-corrected chi connectivity index (χ1v) is 9.19. The molecular formula is C17H18N2O4S. The van der Waals surface area contributed by atoms with Gasteiger partial charge in [0.05, 0.1) is 11.4 Å². The molecule has 0 unspecified atom stereocenters. The molecule has 1 aliphatic heterocycles. The fourth-order valence-electron chi connectivity index (χ4n) is 2.71. The summed E-state index contributed by atoms with van der Waals surface area (Å²) in [6, 6.07) is 11.2. The van der Waals surface area contributed by atoms with Gasteiger partial charge < -0.3 is 10.4 Å². The Morgan fingerprint density at radius 3 is 2.67 bits per heavy atom. The Morgan fingerprint density at radius 2 is 2.00 bits per heavy atom. The molecule has 1 aliphatic rings. The third-order valence-electron chi connectivity index (χ3n) is 3.95. The molecule has 0 aromatic heterocycles. The van der Waals surface area contributed by atoms with Gasteiger partial charge in [0.1, 0.15) is 5.75 Å². The maximum Gasteiger partial charge on any atom is 0.255 e. The summed E-state index contributed by atoms with van der Waals surface area (Å²) in [5.41, 5.74) is 2.21. The lowest BCUT2D eigenvalue weighted by atomic mass is 10.1. The number of hydrogen-bond donors (Lipinski definition) is 2. The van der Waals surface area contributed by atoms with Gasteiger partial charge in [0.25, 0.3) is 5.91 Å². The summed E-state index contributed by atoms with van der Waals surface area (Å²) in [6.45, 7) is 2.22. The number of aromatic hydroxyl groups is 1. The van der Waals surface area contributed by atoms with Gasteiger partial charge in [-0.15, -0.1) is 0 Å². The molecule has 1 fully saturated rings. The van der Waals surface area contributed by atoms with Gasteiger partial charge in [0, 0.05) is 17.8 Å². The lowest BCUT2D eigenvalue weighted by Gasteiger charge is -2.17. The Bertz CT molecular complexity index is 893. The van der Waals surface area contributed by atoms with Crippen molar-refractivity contribution in [1.29, 1.82) is 0 Å². The number of benzene rings is 2. The van der Waals surface area contributed by atoms with E-state index in [-0.39, 0.29) is 17.4 Å². The molecule has 3 rings (SSSR count). The number of hydrogen-bond acceptors (Lipinski definition) is 4. The van der Waals surface area contributed by atoms with Gasteiger partial charge in [-0.1, -0.05) is 6.07 Å². The summed E-state index contributed by atoms with van der Waals surface area (Å²) in [5.74, 6) is -0.0650. The van der Waals surface area contributed by atoms with Crippen LogP contribution in [0.5, 0.6) is 5.75 Å². The van der Waals surface area contributed by atoms with Crippen LogP contribution >= 0.6 is 0 Å². The molecule has 0 spiro atoms. The van der Waals surface area contributed by atoms with Crippen molar-refractivity contribution in [3.63, 3.8) is 0 Å². The van der Waals surface area contributed by atoms with Crippen LogP contribution in [0.4, 0.5) is 11.4 Å². The second-order valence-corrected chi connectivity index (χ2v) is 7.76. The number of amides is 1. The molecule has 7 heteroatoms. The second-order valence-electron chi connectivity index (χ2n) is 5.75. The summed E-state index contributed by atoms with van der Waals surface area (Å²) in [5, 5.41) is 12.2. The minimum atomic E-state index is -3.28. The number of carbonyl (C=O) groups excluding carboxylic acids is 1. The van der Waals surface area contributed by atoms with Crippen LogP contribution in [0.2, 0.25) is 0 Å². The van der Waals surface area contributed by atoms with Crippen molar-refractivity contribution in [2.24, 2.45) is 0 Å². The third kappa shape index (κ3) is 3.21. The molecule has 126 valence electrons. The quantitative estimate of drug-likeness (QED) is 0.836. The fraction of sp³-hybridized carbons (Fsp3) is 0.235. The Morgan fingerprint density at radius 1 is 1.21 bits per heavy atom. The van der Waals surface area contributed by atoms with Crippen LogP contribution in [0, 0.1) is 6.92 Å². The first-order chi connectivity index (χ1) is 11.4. The topological polar surface area (TPSA) is 86.7 Å². The smallest absolute Gasteiger partial charge is 0.255 e. The van der Waals surface area contributed by atoms with Crippen LogP contribution in [0.25, 0.3) is 0 Å². The van der Waals surface area contributed by atoms with Crippen LogP contribution in [0.15, 0.2) is 42.5 Å². The zero-order valence-corrected chi connectivity index (χ0v) is 14.0. The van der Waals surface area contributed by atoms with E-state index in [0.29, 0.717) is 29.9 Å². The van der Waals surface area contributed by atoms with Crippen LogP contribution in [0.3, 0.4) is 0 Å². The zero-order chi connectivity index (χ0) is 17.3. The van der Waals surface area contributed by atoms with Crippen molar-refractivity contribution in [1.82, 2.24) is 0 Å². The predicted octanol–water partition coefficient (Wildman–Crippen LogP) is 2.49. The predicted molar refractivity (Wildman–Crippen MR) is 93.0 cm³/mol. The molecule has 6 nitrogen and oxygen atoms in total. The third-order valence-corrected chi connectivity index (χ3v) is 5.82. The second kappa shape index (κ2) is 6.16. The van der Waals surface area contributed by atoms with Crippen molar-refractivity contribution in [2.75, 3.05) is 21.9 Å². The van der Waals surface area contributed by atoms with Gasteiger partial charge in [-0.05, 0) is 55.3 Å². The molecule has 24 heavy (non-hydrogen) atoms. The van der Waals surface area contributed by atoms with E-state index in [1.165, 1.54) is 10.4 Å². The molecule has 0 saturated carbocycles. The number of nitrogens with one attached hydrogen (secondary N) is 1. The van der Waals surface area contributed by atoms with Gasteiger partial charge in [0.2, 0.25) is 10.0 Å². The fourth-order valence-corrected chi connectivity index (χ4v) is 4.27. The molecule has 0 atom stereocenters. The van der Waals surface area contributed by atoms with E-state index < -0.39 is 10.0 Å². The summed E-state index contributed by atoms with van der Waals surface area (Å²) in [7, 11) is -3.28. The largest absolute Gasteiger partial charge is 0.508 e. The lowest BCUT2D eigenvalue weighted by Crippen LogP contribution is -2.25. The summed E-state index contributed by atoms with van der Waals surface area (Å²) < 4.78 is 25.4. The Kier molecular flexibility index (Phi) is 4.19. The van der Waals surface area contributed by atoms with Gasteiger partial charge in [-0.3, -0.25) is 9.10 Å². The number of sulfonamides is 1. The van der Waals surface area contributed by atoms with Crippen LogP contribution in [-0.4, -0.2) is 31.7 Å². The number of anilines is 2. The van der Waals surface area contributed by atoms with E-state index in [1.54, 1.807) is 43.3 Å². The van der Waals surface area contributed by atoms with Gasteiger partial charge in [0.15, 0.2) is 0 Å². The van der Waals surface area contributed by atoms with E-state index in [1.807, 2.05) is 0 Å². The number of phenolic OH excluding ortho intramolecular Hbond substituents is 1. The average Bonchev–Trinajstić information content (AvgIpc) is 2.89. The molecule has 1 amide bonds. The Balaban J connectivity index is 1.84. The van der Waals surface area contributed by atoms with Crippen LogP contribution in [-0.2, 0) is 10.0 Å². The number of rotatable bonds is 3. The first-order valence-electron chi connectivity index (χ1n) is 7.58. The van der Waals surface area contributed by atoms with Gasteiger partial charge >= 0.3 is 0 Å². The highest BCUT2D eigenvalue weighted by Gasteiger charge is 2.28. The Hall–Kier alpha value is -2.54. The van der Waals surface area contributed by atoms with Crippen molar-refractivity contribution in [3.8, 4) is 5.75 Å². The summed E-state index contributed by atoms with van der Waals surface area (Å²) in [4.78, 5) is 12.4. The minimum absolute atomic E-state index is 0.131. The molecule has 2 aromatic carbocycles. The van der Waals surface area contributed by atoms with E-state index >= 15 is 0 Å². The minimum Gasteiger partial charge on any atom is -0.508 e. The normalized spacial score (nSPS) is 16.1. The highest BCUT2D eigenvalue weighted by atomic mass is 32.2. The van der Waals surface area contributed by atoms with Crippen LogP contribution in [0.1, 0.15) is 22.3 Å². The molecule has 2 aromatic rings. The SMILES string of the molecule is Cc1cc(O)ccc1NC(=O)c1cccc(N2CCCS2(=O)=O)c1. The monoisotopic (exact) mass is 346 g/mol. The van der Waals surface area contributed by atoms with E-state index in [0.717, 1.165) is 5.56 Å². The van der Waals surface area contributed by atoms with Crippen molar-refractivity contribution >= 4 is 27.3 Å². The molecule has 1 heterocycles.